The van der Waals surface area contributed by atoms with Gasteiger partial charge < -0.3 is 10.2 Å². The van der Waals surface area contributed by atoms with E-state index in [-0.39, 0.29) is 17.9 Å². The summed E-state index contributed by atoms with van der Waals surface area (Å²) in [5, 5.41) is 30.8. The summed E-state index contributed by atoms with van der Waals surface area (Å²) in [4.78, 5) is 12.0. The molecule has 1 heterocycles. The van der Waals surface area contributed by atoms with Crippen LogP contribution in [0.3, 0.4) is 0 Å². The molecule has 0 aliphatic heterocycles. The minimum atomic E-state index is -0.460. The van der Waals surface area contributed by atoms with Gasteiger partial charge in [0.25, 0.3) is 0 Å². The molecule has 4 N–H and O–H groups in total. The number of nitrogens with one attached hydrogen (secondary N) is 1. The molecule has 0 bridgehead atoms. The molecule has 0 saturated heterocycles. The Bertz CT molecular complexity index is 744. The van der Waals surface area contributed by atoms with Crippen LogP contribution < -0.4 is 5.48 Å². The summed E-state index contributed by atoms with van der Waals surface area (Å²) in [6.07, 6.45) is 8.21. The molecule has 3 rings (SSSR count). The Kier molecular flexibility index (Phi) is 8.48. The van der Waals surface area contributed by atoms with Crippen LogP contribution in [0.1, 0.15) is 75.2 Å². The number of benzene rings is 1. The first-order chi connectivity index (χ1) is 14.1. The van der Waals surface area contributed by atoms with Gasteiger partial charge >= 0.3 is 0 Å². The number of hydroxylamine groups is 1. The highest BCUT2D eigenvalue weighted by molar-refractivity contribution is 7.19. The van der Waals surface area contributed by atoms with E-state index in [2.05, 4.69) is 18.2 Å². The normalized spacial score (nSPS) is 22.8. The van der Waals surface area contributed by atoms with Crippen molar-refractivity contribution < 1.29 is 20.2 Å². The molecule has 1 aromatic heterocycles. The number of hydrogen-bond acceptors (Lipinski definition) is 5. The van der Waals surface area contributed by atoms with Crippen molar-refractivity contribution in [3.63, 3.8) is 0 Å². The number of hydrogen-bond donors (Lipinski definition) is 4. The summed E-state index contributed by atoms with van der Waals surface area (Å²) in [5.74, 6) is 0.487. The Morgan fingerprint density at radius 2 is 1.93 bits per heavy atom. The van der Waals surface area contributed by atoms with Gasteiger partial charge in [0.1, 0.15) is 0 Å². The standard InChI is InChI=1S/C23H33NO4S/c25-19-13-11-16(7-3-1-2-4-10-23(27)24-28)18(19)12-14-20(26)22-15-17-8-5-6-9-21(17)29-22/h5-6,8-9,15-16,18-20,25-26,28H,1-4,7,10-14H2,(H,24,27)/t16?,18-,19-,20?/m1/s1. The average molecular weight is 420 g/mol. The predicted molar refractivity (Wildman–Crippen MR) is 116 cm³/mol. The zero-order valence-corrected chi connectivity index (χ0v) is 17.7. The van der Waals surface area contributed by atoms with Crippen LogP contribution in [0.25, 0.3) is 10.1 Å². The fourth-order valence-corrected chi connectivity index (χ4v) is 5.76. The van der Waals surface area contributed by atoms with E-state index < -0.39 is 6.10 Å². The molecule has 29 heavy (non-hydrogen) atoms. The predicted octanol–water partition coefficient (Wildman–Crippen LogP) is 4.95. The van der Waals surface area contributed by atoms with Crippen LogP contribution in [0.5, 0.6) is 0 Å². The van der Waals surface area contributed by atoms with Crippen molar-refractivity contribution >= 4 is 27.3 Å². The molecule has 1 amide bonds. The zero-order valence-electron chi connectivity index (χ0n) is 16.9. The van der Waals surface area contributed by atoms with Crippen molar-refractivity contribution in [1.29, 1.82) is 0 Å². The summed E-state index contributed by atoms with van der Waals surface area (Å²) >= 11 is 1.66. The van der Waals surface area contributed by atoms with Crippen LogP contribution in [0.4, 0.5) is 0 Å². The molecule has 6 heteroatoms. The molecular weight excluding hydrogens is 386 g/mol. The lowest BCUT2D eigenvalue weighted by molar-refractivity contribution is -0.129. The lowest BCUT2D eigenvalue weighted by atomic mass is 9.85. The van der Waals surface area contributed by atoms with E-state index in [1.807, 2.05) is 12.1 Å². The number of carbonyl (C=O) groups is 1. The van der Waals surface area contributed by atoms with Crippen molar-refractivity contribution in [2.45, 2.75) is 76.4 Å². The molecule has 0 radical (unpaired) electrons. The van der Waals surface area contributed by atoms with Gasteiger partial charge in [0.05, 0.1) is 12.2 Å². The minimum Gasteiger partial charge on any atom is -0.393 e. The van der Waals surface area contributed by atoms with E-state index >= 15 is 0 Å². The highest BCUT2D eigenvalue weighted by Gasteiger charge is 2.34. The minimum absolute atomic E-state index is 0.247. The molecular formula is C23H33NO4S. The third kappa shape index (κ3) is 6.25. The van der Waals surface area contributed by atoms with Crippen molar-refractivity contribution in [3.8, 4) is 0 Å². The summed E-state index contributed by atoms with van der Waals surface area (Å²) in [7, 11) is 0. The first-order valence-electron chi connectivity index (χ1n) is 10.9. The number of unbranched alkanes of at least 4 members (excludes halogenated alkanes) is 3. The maximum absolute atomic E-state index is 11.0. The third-order valence-corrected chi connectivity index (χ3v) is 7.55. The Morgan fingerprint density at radius 3 is 2.72 bits per heavy atom. The second-order valence-corrected chi connectivity index (χ2v) is 9.45. The molecule has 1 fully saturated rings. The fourth-order valence-electron chi connectivity index (χ4n) is 4.67. The maximum Gasteiger partial charge on any atom is 0.243 e. The highest BCUT2D eigenvalue weighted by atomic mass is 32.1. The highest BCUT2D eigenvalue weighted by Crippen LogP contribution is 2.40. The van der Waals surface area contributed by atoms with Crippen LogP contribution in [0, 0.1) is 11.8 Å². The van der Waals surface area contributed by atoms with Crippen LogP contribution >= 0.6 is 11.3 Å². The smallest absolute Gasteiger partial charge is 0.243 e. The Morgan fingerprint density at radius 1 is 1.14 bits per heavy atom. The van der Waals surface area contributed by atoms with Crippen LogP contribution in [0.2, 0.25) is 0 Å². The molecule has 1 aliphatic rings. The van der Waals surface area contributed by atoms with E-state index in [1.54, 1.807) is 16.8 Å². The quantitative estimate of drug-likeness (QED) is 0.236. The van der Waals surface area contributed by atoms with Gasteiger partial charge in [-0.2, -0.15) is 0 Å². The lowest BCUT2D eigenvalue weighted by Gasteiger charge is -2.23. The first kappa shape index (κ1) is 22.2. The summed E-state index contributed by atoms with van der Waals surface area (Å²) in [6, 6.07) is 10.3. The molecule has 0 spiro atoms. The van der Waals surface area contributed by atoms with Gasteiger partial charge in [-0.1, -0.05) is 43.9 Å². The van der Waals surface area contributed by atoms with E-state index in [0.717, 1.165) is 56.2 Å². The number of fused-ring (bicyclic) bond motifs is 1. The first-order valence-corrected chi connectivity index (χ1v) is 11.7. The summed E-state index contributed by atoms with van der Waals surface area (Å²) in [6.45, 7) is 0. The summed E-state index contributed by atoms with van der Waals surface area (Å²) in [5.41, 5.74) is 1.67. The number of aliphatic hydroxyl groups excluding tert-OH is 2. The Labute approximate surface area is 176 Å². The second-order valence-electron chi connectivity index (χ2n) is 8.34. The molecule has 160 valence electrons. The molecule has 1 aromatic carbocycles. The van der Waals surface area contributed by atoms with E-state index in [0.29, 0.717) is 18.8 Å². The van der Waals surface area contributed by atoms with Gasteiger partial charge in [0, 0.05) is 16.0 Å². The molecule has 1 saturated carbocycles. The van der Waals surface area contributed by atoms with Crippen molar-refractivity contribution in [1.82, 2.24) is 5.48 Å². The van der Waals surface area contributed by atoms with E-state index in [9.17, 15) is 15.0 Å². The number of carbonyl (C=O) groups excluding carboxylic acids is 1. The van der Waals surface area contributed by atoms with Crippen molar-refractivity contribution in [2.24, 2.45) is 11.8 Å². The fraction of sp³-hybridized carbons (Fsp3) is 0.609. The zero-order chi connectivity index (χ0) is 20.6. The van der Waals surface area contributed by atoms with Crippen molar-refractivity contribution in [3.05, 3.63) is 35.2 Å². The number of amides is 1. The Balaban J connectivity index is 1.41. The van der Waals surface area contributed by atoms with Gasteiger partial charge in [-0.15, -0.1) is 11.3 Å². The van der Waals surface area contributed by atoms with E-state index in [1.165, 1.54) is 10.1 Å². The van der Waals surface area contributed by atoms with Crippen molar-refractivity contribution in [2.75, 3.05) is 0 Å². The van der Waals surface area contributed by atoms with Gasteiger partial charge in [-0.25, -0.2) is 5.48 Å². The van der Waals surface area contributed by atoms with E-state index in [4.69, 9.17) is 5.21 Å². The summed E-state index contributed by atoms with van der Waals surface area (Å²) < 4.78 is 1.21. The van der Waals surface area contributed by atoms with Gasteiger partial charge in [0.15, 0.2) is 0 Å². The maximum atomic E-state index is 11.0. The average Bonchev–Trinajstić information content (AvgIpc) is 3.32. The Hall–Kier alpha value is -1.47. The third-order valence-electron chi connectivity index (χ3n) is 6.33. The molecule has 4 atom stereocenters. The largest absolute Gasteiger partial charge is 0.393 e. The van der Waals surface area contributed by atoms with Crippen LogP contribution in [-0.4, -0.2) is 27.4 Å². The number of rotatable bonds is 11. The second kappa shape index (κ2) is 11.1. The molecule has 2 aromatic rings. The number of thiophene rings is 1. The van der Waals surface area contributed by atoms with Crippen LogP contribution in [0.15, 0.2) is 30.3 Å². The van der Waals surface area contributed by atoms with Gasteiger partial charge in [-0.3, -0.25) is 10.0 Å². The molecule has 2 unspecified atom stereocenters. The lowest BCUT2D eigenvalue weighted by Crippen LogP contribution is -2.20. The van der Waals surface area contributed by atoms with Crippen LogP contribution in [-0.2, 0) is 4.79 Å². The monoisotopic (exact) mass is 419 g/mol. The molecule has 1 aliphatic carbocycles. The van der Waals surface area contributed by atoms with Gasteiger partial charge in [0.2, 0.25) is 5.91 Å². The van der Waals surface area contributed by atoms with Gasteiger partial charge in [-0.05, 0) is 61.5 Å². The molecule has 5 nitrogen and oxygen atoms in total. The SMILES string of the molecule is O=C(CCCCCCC1CC[C@@H](O)[C@@H]1CCC(O)c1cc2ccccc2s1)NO. The number of aliphatic hydroxyl groups is 2. The topological polar surface area (TPSA) is 89.8 Å².